The van der Waals surface area contributed by atoms with Gasteiger partial charge >= 0.3 is 0 Å². The zero-order valence-electron chi connectivity index (χ0n) is 11.8. The van der Waals surface area contributed by atoms with E-state index in [1.807, 2.05) is 12.1 Å². The van der Waals surface area contributed by atoms with Gasteiger partial charge in [0.25, 0.3) is 0 Å². The summed E-state index contributed by atoms with van der Waals surface area (Å²) in [5.74, 6) is 1.00. The average molecular weight is 303 g/mol. The number of rotatable bonds is 5. The van der Waals surface area contributed by atoms with E-state index in [4.69, 9.17) is 21.1 Å². The Hall–Kier alpha value is -2.26. The highest BCUT2D eigenvalue weighted by atomic mass is 35.5. The van der Waals surface area contributed by atoms with Gasteiger partial charge in [0.1, 0.15) is 0 Å². The molecule has 0 spiro atoms. The number of methoxy groups -OCH3 is 2. The van der Waals surface area contributed by atoms with Crippen molar-refractivity contribution >= 4 is 23.5 Å². The molecule has 0 unspecified atom stereocenters. The Kier molecular flexibility index (Phi) is 5.01. The van der Waals surface area contributed by atoms with Gasteiger partial charge in [0.15, 0.2) is 17.3 Å². The van der Waals surface area contributed by atoms with Crippen molar-refractivity contribution in [2.75, 3.05) is 14.2 Å². The largest absolute Gasteiger partial charge is 0.493 e. The number of hydrogen-bond donors (Lipinski definition) is 0. The zero-order valence-corrected chi connectivity index (χ0v) is 12.6. The molecular formula is C17H15ClO3. The molecule has 2 aromatic carbocycles. The van der Waals surface area contributed by atoms with Crippen molar-refractivity contribution in [3.63, 3.8) is 0 Å². The van der Waals surface area contributed by atoms with Crippen molar-refractivity contribution in [3.8, 4) is 11.5 Å². The smallest absolute Gasteiger partial charge is 0.185 e. The molecule has 0 radical (unpaired) electrons. The Bertz CT molecular complexity index is 677. The maximum Gasteiger partial charge on any atom is 0.185 e. The van der Waals surface area contributed by atoms with E-state index < -0.39 is 0 Å². The maximum absolute atomic E-state index is 12.2. The highest BCUT2D eigenvalue weighted by Gasteiger charge is 2.08. The Morgan fingerprint density at radius 2 is 1.81 bits per heavy atom. The van der Waals surface area contributed by atoms with E-state index in [9.17, 15) is 4.79 Å². The summed E-state index contributed by atoms with van der Waals surface area (Å²) in [4.78, 5) is 12.2. The lowest BCUT2D eigenvalue weighted by Gasteiger charge is -2.07. The van der Waals surface area contributed by atoms with Gasteiger partial charge in [-0.1, -0.05) is 29.8 Å². The summed E-state index contributed by atoms with van der Waals surface area (Å²) in [6.45, 7) is 0. The predicted octanol–water partition coefficient (Wildman–Crippen LogP) is 4.25. The van der Waals surface area contributed by atoms with Crippen LogP contribution < -0.4 is 9.47 Å². The van der Waals surface area contributed by atoms with Crippen LogP contribution in [0, 0.1) is 0 Å². The van der Waals surface area contributed by atoms with Gasteiger partial charge in [-0.05, 0) is 42.0 Å². The van der Waals surface area contributed by atoms with Gasteiger partial charge in [0.05, 0.1) is 14.2 Å². The third-order valence-corrected chi connectivity index (χ3v) is 3.18. The minimum absolute atomic E-state index is 0.115. The van der Waals surface area contributed by atoms with E-state index in [1.54, 1.807) is 43.5 Å². The first-order chi connectivity index (χ1) is 10.1. The average Bonchev–Trinajstić information content (AvgIpc) is 2.52. The fourth-order valence-electron chi connectivity index (χ4n) is 1.87. The summed E-state index contributed by atoms with van der Waals surface area (Å²) in [6, 6.07) is 12.4. The third-order valence-electron chi connectivity index (χ3n) is 2.94. The number of carbonyl (C=O) groups is 1. The summed E-state index contributed by atoms with van der Waals surface area (Å²) >= 11 is 5.90. The van der Waals surface area contributed by atoms with Gasteiger partial charge in [-0.25, -0.2) is 0 Å². The minimum atomic E-state index is -0.115. The first-order valence-corrected chi connectivity index (χ1v) is 6.72. The van der Waals surface area contributed by atoms with Crippen LogP contribution >= 0.6 is 11.6 Å². The van der Waals surface area contributed by atoms with Crippen LogP contribution in [0.4, 0.5) is 0 Å². The third kappa shape index (κ3) is 3.86. The number of benzene rings is 2. The van der Waals surface area contributed by atoms with Crippen molar-refractivity contribution in [2.24, 2.45) is 0 Å². The summed E-state index contributed by atoms with van der Waals surface area (Å²) < 4.78 is 10.3. The second-order valence-electron chi connectivity index (χ2n) is 4.32. The summed E-state index contributed by atoms with van der Waals surface area (Å²) in [5, 5.41) is 0.635. The molecule has 0 aliphatic carbocycles. The van der Waals surface area contributed by atoms with Crippen LogP contribution in [0.15, 0.2) is 48.5 Å². The summed E-state index contributed by atoms with van der Waals surface area (Å²) in [7, 11) is 3.09. The molecule has 0 aliphatic rings. The summed E-state index contributed by atoms with van der Waals surface area (Å²) in [6.07, 6.45) is 3.23. The van der Waals surface area contributed by atoms with E-state index in [0.29, 0.717) is 22.1 Å². The van der Waals surface area contributed by atoms with Gasteiger partial charge in [-0.2, -0.15) is 0 Å². The van der Waals surface area contributed by atoms with E-state index in [-0.39, 0.29) is 5.78 Å². The number of ether oxygens (including phenoxy) is 2. The van der Waals surface area contributed by atoms with Gasteiger partial charge in [0.2, 0.25) is 0 Å². The molecule has 2 aromatic rings. The number of hydrogen-bond acceptors (Lipinski definition) is 3. The SMILES string of the molecule is COc1ccc(C(=O)C=Cc2cccc(Cl)c2)cc1OC. The van der Waals surface area contributed by atoms with E-state index in [0.717, 1.165) is 5.56 Å². The van der Waals surface area contributed by atoms with Crippen molar-refractivity contribution in [1.29, 1.82) is 0 Å². The van der Waals surface area contributed by atoms with E-state index in [1.165, 1.54) is 13.2 Å². The van der Waals surface area contributed by atoms with Crippen LogP contribution in [0.3, 0.4) is 0 Å². The second kappa shape index (κ2) is 6.95. The predicted molar refractivity (Wildman–Crippen MR) is 84.4 cm³/mol. The molecule has 0 saturated heterocycles. The van der Waals surface area contributed by atoms with Crippen LogP contribution in [-0.4, -0.2) is 20.0 Å². The molecule has 0 heterocycles. The lowest BCUT2D eigenvalue weighted by molar-refractivity contribution is 0.104. The Balaban J connectivity index is 2.20. The molecular weight excluding hydrogens is 288 g/mol. The zero-order chi connectivity index (χ0) is 15.2. The van der Waals surface area contributed by atoms with Gasteiger partial charge in [-0.3, -0.25) is 4.79 Å². The van der Waals surface area contributed by atoms with Crippen LogP contribution in [0.2, 0.25) is 5.02 Å². The van der Waals surface area contributed by atoms with Crippen LogP contribution in [0.1, 0.15) is 15.9 Å². The van der Waals surface area contributed by atoms with Crippen molar-refractivity contribution in [1.82, 2.24) is 0 Å². The summed E-state index contributed by atoms with van der Waals surface area (Å²) in [5.41, 5.74) is 1.40. The molecule has 0 atom stereocenters. The monoisotopic (exact) mass is 302 g/mol. The molecule has 0 N–H and O–H groups in total. The van der Waals surface area contributed by atoms with Crippen LogP contribution in [-0.2, 0) is 0 Å². The first kappa shape index (κ1) is 15.1. The minimum Gasteiger partial charge on any atom is -0.493 e. The first-order valence-electron chi connectivity index (χ1n) is 6.34. The molecule has 0 aromatic heterocycles. The molecule has 0 bridgehead atoms. The van der Waals surface area contributed by atoms with E-state index >= 15 is 0 Å². The standard InChI is InChI=1S/C17H15ClO3/c1-20-16-9-7-13(11-17(16)21-2)15(19)8-6-12-4-3-5-14(18)10-12/h3-11H,1-2H3. The number of ketones is 1. The fraction of sp³-hybridized carbons (Fsp3) is 0.118. The molecule has 0 aliphatic heterocycles. The molecule has 3 nitrogen and oxygen atoms in total. The molecule has 108 valence electrons. The van der Waals surface area contributed by atoms with Gasteiger partial charge in [-0.15, -0.1) is 0 Å². The molecule has 0 amide bonds. The fourth-order valence-corrected chi connectivity index (χ4v) is 2.07. The quantitative estimate of drug-likeness (QED) is 0.612. The number of allylic oxidation sites excluding steroid dienone is 1. The molecule has 21 heavy (non-hydrogen) atoms. The second-order valence-corrected chi connectivity index (χ2v) is 4.76. The Morgan fingerprint density at radius 3 is 2.48 bits per heavy atom. The normalized spacial score (nSPS) is 10.6. The maximum atomic E-state index is 12.2. The van der Waals surface area contributed by atoms with Crippen molar-refractivity contribution < 1.29 is 14.3 Å². The number of carbonyl (C=O) groups excluding carboxylic acids is 1. The van der Waals surface area contributed by atoms with Crippen LogP contribution in [0.25, 0.3) is 6.08 Å². The highest BCUT2D eigenvalue weighted by molar-refractivity contribution is 6.30. The van der Waals surface area contributed by atoms with Gasteiger partial charge in [0, 0.05) is 10.6 Å². The lowest BCUT2D eigenvalue weighted by Crippen LogP contribution is -1.97. The van der Waals surface area contributed by atoms with Gasteiger partial charge < -0.3 is 9.47 Å². The number of halogens is 1. The van der Waals surface area contributed by atoms with E-state index in [2.05, 4.69) is 0 Å². The Labute approximate surface area is 128 Å². The highest BCUT2D eigenvalue weighted by Crippen LogP contribution is 2.27. The topological polar surface area (TPSA) is 35.5 Å². The lowest BCUT2D eigenvalue weighted by atomic mass is 10.1. The molecule has 4 heteroatoms. The van der Waals surface area contributed by atoms with Crippen molar-refractivity contribution in [2.45, 2.75) is 0 Å². The molecule has 0 saturated carbocycles. The Morgan fingerprint density at radius 1 is 1.05 bits per heavy atom. The van der Waals surface area contributed by atoms with Crippen LogP contribution in [0.5, 0.6) is 11.5 Å². The van der Waals surface area contributed by atoms with Crippen molar-refractivity contribution in [3.05, 3.63) is 64.7 Å². The molecule has 0 fully saturated rings. The molecule has 2 rings (SSSR count).